The number of halogens is 6. The molecule has 5 nitrogen and oxygen atoms in total. The Bertz CT molecular complexity index is 855. The van der Waals surface area contributed by atoms with Gasteiger partial charge in [-0.2, -0.15) is 31.4 Å². The standard InChI is InChI=1S/C18H19F6N3O2/c1-10-15(11(2)27(3)26-10)4-5-25-16(28)9-29-14-7-12(17(19,20)21)6-13(8-14)18(22,23)24/h6-8H,4-5,9H2,1-3H3,(H,25,28). The first-order chi connectivity index (χ1) is 13.3. The number of rotatable bonds is 6. The third-order valence-corrected chi connectivity index (χ3v) is 4.29. The Hall–Kier alpha value is -2.72. The Morgan fingerprint density at radius 1 is 1.07 bits per heavy atom. The number of carbonyl (C=O) groups excluding carboxylic acids is 1. The summed E-state index contributed by atoms with van der Waals surface area (Å²) in [5.41, 5.74) is -0.340. The fraction of sp³-hybridized carbons (Fsp3) is 0.444. The van der Waals surface area contributed by atoms with Crippen LogP contribution in [0.1, 0.15) is 28.1 Å². The second-order valence-corrected chi connectivity index (χ2v) is 6.40. The highest BCUT2D eigenvalue weighted by Crippen LogP contribution is 2.38. The van der Waals surface area contributed by atoms with E-state index in [1.54, 1.807) is 11.7 Å². The maximum absolute atomic E-state index is 12.8. The van der Waals surface area contributed by atoms with Crippen molar-refractivity contribution in [3.05, 3.63) is 46.3 Å². The highest BCUT2D eigenvalue weighted by atomic mass is 19.4. The number of nitrogens with zero attached hydrogens (tertiary/aromatic N) is 2. The van der Waals surface area contributed by atoms with Crippen molar-refractivity contribution in [2.45, 2.75) is 32.6 Å². The van der Waals surface area contributed by atoms with Gasteiger partial charge in [0.2, 0.25) is 0 Å². The number of hydrogen-bond acceptors (Lipinski definition) is 3. The molecule has 1 aromatic heterocycles. The first-order valence-electron chi connectivity index (χ1n) is 8.47. The van der Waals surface area contributed by atoms with Crippen LogP contribution >= 0.6 is 0 Å². The Labute approximate surface area is 162 Å². The van der Waals surface area contributed by atoms with Gasteiger partial charge in [-0.1, -0.05) is 0 Å². The largest absolute Gasteiger partial charge is 0.484 e. The summed E-state index contributed by atoms with van der Waals surface area (Å²) in [5, 5.41) is 6.75. The van der Waals surface area contributed by atoms with E-state index in [0.717, 1.165) is 17.0 Å². The lowest BCUT2D eigenvalue weighted by atomic mass is 10.1. The third-order valence-electron chi connectivity index (χ3n) is 4.29. The predicted octanol–water partition coefficient (Wildman–Crippen LogP) is 3.81. The summed E-state index contributed by atoms with van der Waals surface area (Å²) in [6.07, 6.45) is -9.50. The topological polar surface area (TPSA) is 56.2 Å². The first-order valence-corrected chi connectivity index (χ1v) is 8.47. The molecule has 0 radical (unpaired) electrons. The smallest absolute Gasteiger partial charge is 0.416 e. The molecular formula is C18H19F6N3O2. The fourth-order valence-electron chi connectivity index (χ4n) is 2.72. The normalized spacial score (nSPS) is 12.2. The molecular weight excluding hydrogens is 404 g/mol. The molecule has 11 heteroatoms. The van der Waals surface area contributed by atoms with Crippen LogP contribution in [0.2, 0.25) is 0 Å². The Kier molecular flexibility index (Phi) is 6.49. The number of ether oxygens (including phenoxy) is 1. The summed E-state index contributed by atoms with van der Waals surface area (Å²) in [7, 11) is 1.78. The molecule has 0 bridgehead atoms. The van der Waals surface area contributed by atoms with Gasteiger partial charge in [-0.25, -0.2) is 0 Å². The zero-order valence-electron chi connectivity index (χ0n) is 15.8. The van der Waals surface area contributed by atoms with Gasteiger partial charge in [0, 0.05) is 19.3 Å². The summed E-state index contributed by atoms with van der Waals surface area (Å²) in [4.78, 5) is 11.8. The molecule has 1 amide bonds. The molecule has 29 heavy (non-hydrogen) atoms. The van der Waals surface area contributed by atoms with E-state index in [0.29, 0.717) is 18.6 Å². The van der Waals surface area contributed by atoms with Gasteiger partial charge in [0.25, 0.3) is 5.91 Å². The van der Waals surface area contributed by atoms with E-state index in [1.807, 2.05) is 13.8 Å². The van der Waals surface area contributed by atoms with Crippen molar-refractivity contribution in [1.82, 2.24) is 15.1 Å². The molecule has 0 saturated heterocycles. The van der Waals surface area contributed by atoms with Crippen LogP contribution in [0.5, 0.6) is 5.75 Å². The lowest BCUT2D eigenvalue weighted by molar-refractivity contribution is -0.143. The second-order valence-electron chi connectivity index (χ2n) is 6.40. The highest BCUT2D eigenvalue weighted by molar-refractivity contribution is 5.77. The van der Waals surface area contributed by atoms with Crippen LogP contribution in [0.25, 0.3) is 0 Å². The van der Waals surface area contributed by atoms with Gasteiger partial charge < -0.3 is 10.1 Å². The lowest BCUT2D eigenvalue weighted by Crippen LogP contribution is -2.30. The van der Waals surface area contributed by atoms with E-state index in [1.165, 1.54) is 0 Å². The average Bonchev–Trinajstić information content (AvgIpc) is 2.84. The number of hydrogen-bond donors (Lipinski definition) is 1. The van der Waals surface area contributed by atoms with E-state index in [9.17, 15) is 31.1 Å². The van der Waals surface area contributed by atoms with Crippen molar-refractivity contribution in [3.63, 3.8) is 0 Å². The Morgan fingerprint density at radius 3 is 2.07 bits per heavy atom. The maximum atomic E-state index is 12.8. The van der Waals surface area contributed by atoms with Crippen LogP contribution in [-0.2, 0) is 30.6 Å². The van der Waals surface area contributed by atoms with E-state index < -0.39 is 41.7 Å². The molecule has 0 unspecified atom stereocenters. The van der Waals surface area contributed by atoms with E-state index in [4.69, 9.17) is 4.74 Å². The molecule has 0 saturated carbocycles. The average molecular weight is 423 g/mol. The van der Waals surface area contributed by atoms with Gasteiger partial charge in [0.1, 0.15) is 5.75 Å². The van der Waals surface area contributed by atoms with E-state index in [2.05, 4.69) is 10.4 Å². The number of benzene rings is 1. The molecule has 0 atom stereocenters. The number of aryl methyl sites for hydroxylation is 2. The van der Waals surface area contributed by atoms with Gasteiger partial charge in [-0.3, -0.25) is 9.48 Å². The molecule has 1 N–H and O–H groups in total. The number of alkyl halides is 6. The first kappa shape index (κ1) is 22.6. The predicted molar refractivity (Wildman–Crippen MR) is 91.3 cm³/mol. The lowest BCUT2D eigenvalue weighted by Gasteiger charge is -2.14. The summed E-state index contributed by atoms with van der Waals surface area (Å²) in [6.45, 7) is 3.18. The van der Waals surface area contributed by atoms with Crippen LogP contribution < -0.4 is 10.1 Å². The molecule has 0 aliphatic rings. The minimum Gasteiger partial charge on any atom is -0.484 e. The van der Waals surface area contributed by atoms with Crippen LogP contribution in [0.3, 0.4) is 0 Å². The van der Waals surface area contributed by atoms with Gasteiger partial charge in [-0.05, 0) is 44.0 Å². The maximum Gasteiger partial charge on any atom is 0.416 e. The van der Waals surface area contributed by atoms with Gasteiger partial charge in [0.15, 0.2) is 6.61 Å². The number of carbonyl (C=O) groups is 1. The molecule has 0 fully saturated rings. The molecule has 1 aromatic carbocycles. The SMILES string of the molecule is Cc1nn(C)c(C)c1CCNC(=O)COc1cc(C(F)(F)F)cc(C(F)(F)F)c1. The number of nitrogens with one attached hydrogen (secondary N) is 1. The summed E-state index contributed by atoms with van der Waals surface area (Å²) >= 11 is 0. The van der Waals surface area contributed by atoms with E-state index >= 15 is 0 Å². The van der Waals surface area contributed by atoms with Gasteiger partial charge in [-0.15, -0.1) is 0 Å². The van der Waals surface area contributed by atoms with Crippen molar-refractivity contribution < 1.29 is 35.9 Å². The van der Waals surface area contributed by atoms with Gasteiger partial charge >= 0.3 is 12.4 Å². The zero-order valence-corrected chi connectivity index (χ0v) is 15.8. The molecule has 0 aliphatic heterocycles. The van der Waals surface area contributed by atoms with Crippen LogP contribution in [0.4, 0.5) is 26.3 Å². The van der Waals surface area contributed by atoms with E-state index in [-0.39, 0.29) is 12.6 Å². The molecule has 2 aromatic rings. The highest BCUT2D eigenvalue weighted by Gasteiger charge is 2.37. The molecule has 1 heterocycles. The molecule has 160 valence electrons. The van der Waals surface area contributed by atoms with Crippen LogP contribution in [0, 0.1) is 13.8 Å². The zero-order chi connectivity index (χ0) is 22.0. The molecule has 0 spiro atoms. The minimum atomic E-state index is -4.99. The van der Waals surface area contributed by atoms with Crippen LogP contribution in [-0.4, -0.2) is 28.8 Å². The molecule has 2 rings (SSSR count). The van der Waals surface area contributed by atoms with Crippen molar-refractivity contribution in [2.24, 2.45) is 7.05 Å². The fourth-order valence-corrected chi connectivity index (χ4v) is 2.72. The summed E-state index contributed by atoms with van der Waals surface area (Å²) in [5.74, 6) is -1.36. The minimum absolute atomic E-state index is 0.00844. The summed E-state index contributed by atoms with van der Waals surface area (Å²) < 4.78 is 83.5. The van der Waals surface area contributed by atoms with Crippen LogP contribution in [0.15, 0.2) is 18.2 Å². The Balaban J connectivity index is 1.98. The monoisotopic (exact) mass is 423 g/mol. The second kappa shape index (κ2) is 8.34. The van der Waals surface area contributed by atoms with Gasteiger partial charge in [0.05, 0.1) is 16.8 Å². The van der Waals surface area contributed by atoms with Crippen molar-refractivity contribution in [2.75, 3.05) is 13.2 Å². The van der Waals surface area contributed by atoms with Crippen molar-refractivity contribution in [1.29, 1.82) is 0 Å². The number of amides is 1. The van der Waals surface area contributed by atoms with Crippen molar-refractivity contribution >= 4 is 5.91 Å². The summed E-state index contributed by atoms with van der Waals surface area (Å²) in [6, 6.07) is 0.835. The molecule has 0 aliphatic carbocycles. The van der Waals surface area contributed by atoms with Crippen molar-refractivity contribution in [3.8, 4) is 5.75 Å². The quantitative estimate of drug-likeness (QED) is 0.719. The number of aromatic nitrogens is 2. The third kappa shape index (κ3) is 5.88. The Morgan fingerprint density at radius 2 is 1.62 bits per heavy atom.